The first-order chi connectivity index (χ1) is 10.5. The SMILES string of the molecule is C/C(=C/C(=O)NCCc1c(C)noc1C)c1cccc(F)c1. The van der Waals surface area contributed by atoms with Gasteiger partial charge in [-0.2, -0.15) is 0 Å². The lowest BCUT2D eigenvalue weighted by Crippen LogP contribution is -2.24. The minimum absolute atomic E-state index is 0.200. The molecule has 1 aromatic heterocycles. The van der Waals surface area contributed by atoms with Crippen molar-refractivity contribution < 1.29 is 13.7 Å². The van der Waals surface area contributed by atoms with Crippen molar-refractivity contribution in [3.05, 3.63) is 58.7 Å². The number of aromatic nitrogens is 1. The molecule has 0 radical (unpaired) electrons. The number of allylic oxidation sites excluding steroid dienone is 1. The van der Waals surface area contributed by atoms with E-state index in [2.05, 4.69) is 10.5 Å². The normalized spacial score (nSPS) is 11.5. The Morgan fingerprint density at radius 1 is 1.41 bits per heavy atom. The summed E-state index contributed by atoms with van der Waals surface area (Å²) in [6.07, 6.45) is 2.14. The molecule has 0 unspecified atom stereocenters. The lowest BCUT2D eigenvalue weighted by atomic mass is 10.1. The molecule has 0 fully saturated rings. The highest BCUT2D eigenvalue weighted by Gasteiger charge is 2.09. The van der Waals surface area contributed by atoms with Crippen LogP contribution in [0.25, 0.3) is 5.57 Å². The molecule has 0 atom stereocenters. The Kier molecular flexibility index (Phi) is 5.09. The van der Waals surface area contributed by atoms with Gasteiger partial charge in [-0.1, -0.05) is 17.3 Å². The van der Waals surface area contributed by atoms with Gasteiger partial charge in [0.1, 0.15) is 11.6 Å². The zero-order valence-electron chi connectivity index (χ0n) is 12.9. The summed E-state index contributed by atoms with van der Waals surface area (Å²) in [6.45, 7) is 6.00. The fraction of sp³-hybridized carbons (Fsp3) is 0.294. The molecule has 1 N–H and O–H groups in total. The first-order valence-electron chi connectivity index (χ1n) is 7.11. The Morgan fingerprint density at radius 3 is 2.82 bits per heavy atom. The van der Waals surface area contributed by atoms with Crippen molar-refractivity contribution in [3.63, 3.8) is 0 Å². The zero-order valence-corrected chi connectivity index (χ0v) is 12.9. The standard InChI is InChI=1S/C17H19FN2O2/c1-11(14-5-4-6-15(18)10-14)9-17(21)19-8-7-16-12(2)20-22-13(16)3/h4-6,9-10H,7-8H2,1-3H3,(H,19,21)/b11-9-. The van der Waals surface area contributed by atoms with Crippen molar-refractivity contribution in [2.45, 2.75) is 27.2 Å². The second-order valence-corrected chi connectivity index (χ2v) is 5.18. The van der Waals surface area contributed by atoms with Crippen molar-refractivity contribution in [1.82, 2.24) is 10.5 Å². The number of amides is 1. The summed E-state index contributed by atoms with van der Waals surface area (Å²) in [6, 6.07) is 6.17. The number of benzene rings is 1. The Hall–Kier alpha value is -2.43. The van der Waals surface area contributed by atoms with Crippen LogP contribution in [0.5, 0.6) is 0 Å². The van der Waals surface area contributed by atoms with Gasteiger partial charge >= 0.3 is 0 Å². The minimum atomic E-state index is -0.316. The van der Waals surface area contributed by atoms with Gasteiger partial charge in [0.15, 0.2) is 0 Å². The fourth-order valence-corrected chi connectivity index (χ4v) is 2.23. The van der Waals surface area contributed by atoms with Crippen LogP contribution >= 0.6 is 0 Å². The van der Waals surface area contributed by atoms with Gasteiger partial charge < -0.3 is 9.84 Å². The zero-order chi connectivity index (χ0) is 16.1. The van der Waals surface area contributed by atoms with E-state index >= 15 is 0 Å². The van der Waals surface area contributed by atoms with Crippen molar-refractivity contribution in [2.24, 2.45) is 0 Å². The molecule has 2 aromatic rings. The number of carbonyl (C=O) groups excluding carboxylic acids is 1. The molecule has 0 aliphatic rings. The average molecular weight is 302 g/mol. The number of carbonyl (C=O) groups is 1. The maximum atomic E-state index is 13.2. The first kappa shape index (κ1) is 15.9. The lowest BCUT2D eigenvalue weighted by Gasteiger charge is -2.04. The van der Waals surface area contributed by atoms with Gasteiger partial charge in [0, 0.05) is 18.2 Å². The molecule has 22 heavy (non-hydrogen) atoms. The maximum absolute atomic E-state index is 13.2. The molecule has 0 aliphatic carbocycles. The van der Waals surface area contributed by atoms with E-state index in [0.29, 0.717) is 24.1 Å². The quantitative estimate of drug-likeness (QED) is 0.863. The van der Waals surface area contributed by atoms with Gasteiger partial charge in [0.2, 0.25) is 5.91 Å². The number of hydrogen-bond donors (Lipinski definition) is 1. The van der Waals surface area contributed by atoms with Gasteiger partial charge in [0.25, 0.3) is 0 Å². The number of hydrogen-bond acceptors (Lipinski definition) is 3. The van der Waals surface area contributed by atoms with Crippen LogP contribution < -0.4 is 5.32 Å². The second-order valence-electron chi connectivity index (χ2n) is 5.18. The van der Waals surface area contributed by atoms with Crippen LogP contribution in [0, 0.1) is 19.7 Å². The third-order valence-corrected chi connectivity index (χ3v) is 3.48. The topological polar surface area (TPSA) is 55.1 Å². The molecule has 116 valence electrons. The molecular formula is C17H19FN2O2. The third kappa shape index (κ3) is 4.04. The van der Waals surface area contributed by atoms with Gasteiger partial charge in [-0.3, -0.25) is 4.79 Å². The van der Waals surface area contributed by atoms with E-state index in [1.807, 2.05) is 13.8 Å². The third-order valence-electron chi connectivity index (χ3n) is 3.48. The van der Waals surface area contributed by atoms with E-state index in [1.165, 1.54) is 18.2 Å². The van der Waals surface area contributed by atoms with Crippen LogP contribution in [0.15, 0.2) is 34.9 Å². The van der Waals surface area contributed by atoms with Crippen LogP contribution in [0.2, 0.25) is 0 Å². The summed E-state index contributed by atoms with van der Waals surface area (Å²) in [4.78, 5) is 11.9. The van der Waals surface area contributed by atoms with Crippen LogP contribution in [0.4, 0.5) is 4.39 Å². The van der Waals surface area contributed by atoms with E-state index in [0.717, 1.165) is 17.0 Å². The van der Waals surface area contributed by atoms with Crippen molar-refractivity contribution >= 4 is 11.5 Å². The highest BCUT2D eigenvalue weighted by molar-refractivity contribution is 5.94. The van der Waals surface area contributed by atoms with E-state index in [-0.39, 0.29) is 11.7 Å². The molecule has 1 amide bonds. The Morgan fingerprint density at radius 2 is 2.18 bits per heavy atom. The summed E-state index contributed by atoms with van der Waals surface area (Å²) < 4.78 is 18.2. The second kappa shape index (κ2) is 7.02. The largest absolute Gasteiger partial charge is 0.361 e. The highest BCUT2D eigenvalue weighted by atomic mass is 19.1. The Labute approximate surface area is 129 Å². The molecule has 1 aromatic carbocycles. The van der Waals surface area contributed by atoms with Gasteiger partial charge in [-0.25, -0.2) is 4.39 Å². The molecule has 0 spiro atoms. The number of rotatable bonds is 5. The molecule has 2 rings (SSSR count). The Balaban J connectivity index is 1.91. The van der Waals surface area contributed by atoms with Crippen molar-refractivity contribution in [1.29, 1.82) is 0 Å². The summed E-state index contributed by atoms with van der Waals surface area (Å²) in [5, 5.41) is 6.69. The van der Waals surface area contributed by atoms with E-state index in [1.54, 1.807) is 19.1 Å². The van der Waals surface area contributed by atoms with Gasteiger partial charge in [-0.05, 0) is 50.5 Å². The van der Waals surface area contributed by atoms with Crippen molar-refractivity contribution in [2.75, 3.05) is 6.54 Å². The van der Waals surface area contributed by atoms with Crippen LogP contribution in [0.3, 0.4) is 0 Å². The Bertz CT molecular complexity index is 685. The van der Waals surface area contributed by atoms with E-state index in [4.69, 9.17) is 4.52 Å². The van der Waals surface area contributed by atoms with E-state index < -0.39 is 0 Å². The number of nitrogens with one attached hydrogen (secondary N) is 1. The maximum Gasteiger partial charge on any atom is 0.244 e. The molecule has 0 bridgehead atoms. The summed E-state index contributed by atoms with van der Waals surface area (Å²) in [7, 11) is 0. The average Bonchev–Trinajstić information content (AvgIpc) is 2.79. The predicted molar refractivity (Wildman–Crippen MR) is 82.7 cm³/mol. The highest BCUT2D eigenvalue weighted by Crippen LogP contribution is 2.15. The molecule has 0 aliphatic heterocycles. The summed E-state index contributed by atoms with van der Waals surface area (Å²) >= 11 is 0. The number of halogens is 1. The molecule has 5 heteroatoms. The molecular weight excluding hydrogens is 283 g/mol. The number of aryl methyl sites for hydroxylation is 2. The van der Waals surface area contributed by atoms with Gasteiger partial charge in [-0.15, -0.1) is 0 Å². The monoisotopic (exact) mass is 302 g/mol. The predicted octanol–water partition coefficient (Wildman–Crippen LogP) is 3.19. The lowest BCUT2D eigenvalue weighted by molar-refractivity contribution is -0.116. The summed E-state index contributed by atoms with van der Waals surface area (Å²) in [5.41, 5.74) is 3.28. The smallest absolute Gasteiger partial charge is 0.244 e. The van der Waals surface area contributed by atoms with Crippen LogP contribution in [0.1, 0.15) is 29.5 Å². The number of nitrogens with zero attached hydrogens (tertiary/aromatic N) is 1. The molecule has 4 nitrogen and oxygen atoms in total. The minimum Gasteiger partial charge on any atom is -0.361 e. The fourth-order valence-electron chi connectivity index (χ4n) is 2.23. The van der Waals surface area contributed by atoms with E-state index in [9.17, 15) is 9.18 Å². The van der Waals surface area contributed by atoms with Gasteiger partial charge in [0.05, 0.1) is 5.69 Å². The van der Waals surface area contributed by atoms with Crippen LogP contribution in [-0.2, 0) is 11.2 Å². The van der Waals surface area contributed by atoms with Crippen molar-refractivity contribution in [3.8, 4) is 0 Å². The van der Waals surface area contributed by atoms with Crippen LogP contribution in [-0.4, -0.2) is 17.6 Å². The summed E-state index contributed by atoms with van der Waals surface area (Å²) in [5.74, 6) is 0.260. The molecule has 0 saturated carbocycles. The molecule has 1 heterocycles. The first-order valence-corrected chi connectivity index (χ1v) is 7.11. The molecule has 0 saturated heterocycles.